The van der Waals surface area contributed by atoms with Gasteiger partial charge in [-0.2, -0.15) is 5.10 Å². The van der Waals surface area contributed by atoms with Crippen molar-refractivity contribution in [2.75, 3.05) is 6.54 Å². The number of hydrogen-bond acceptors (Lipinski definition) is 3. The number of halogens is 1. The van der Waals surface area contributed by atoms with Crippen molar-refractivity contribution >= 4 is 21.8 Å². The number of amides is 1. The third kappa shape index (κ3) is 5.69. The van der Waals surface area contributed by atoms with Crippen molar-refractivity contribution in [3.63, 3.8) is 0 Å². The van der Waals surface area contributed by atoms with Gasteiger partial charge in [0.2, 0.25) is 0 Å². The fourth-order valence-electron chi connectivity index (χ4n) is 2.64. The molecule has 1 aromatic heterocycles. The number of carbonyl (C=O) groups excluding carboxylic acids is 1. The molecule has 3 rings (SSSR count). The first-order valence-electron chi connectivity index (χ1n) is 8.91. The fraction of sp³-hybridized carbons (Fsp3) is 0.238. The van der Waals surface area contributed by atoms with Gasteiger partial charge in [-0.3, -0.25) is 9.48 Å². The minimum atomic E-state index is -0.102. The van der Waals surface area contributed by atoms with E-state index in [0.717, 1.165) is 22.2 Å². The van der Waals surface area contributed by atoms with Crippen molar-refractivity contribution < 1.29 is 9.53 Å². The Morgan fingerprint density at radius 3 is 2.70 bits per heavy atom. The lowest BCUT2D eigenvalue weighted by Crippen LogP contribution is -2.27. The molecule has 3 aromatic rings. The highest BCUT2D eigenvalue weighted by Crippen LogP contribution is 2.15. The van der Waals surface area contributed by atoms with Gasteiger partial charge in [-0.15, -0.1) is 0 Å². The maximum Gasteiger partial charge on any atom is 0.251 e. The monoisotopic (exact) mass is 427 g/mol. The highest BCUT2D eigenvalue weighted by atomic mass is 79.9. The molecule has 0 spiro atoms. The van der Waals surface area contributed by atoms with Crippen LogP contribution in [-0.2, 0) is 19.6 Å². The Morgan fingerprint density at radius 1 is 1.19 bits per heavy atom. The van der Waals surface area contributed by atoms with Crippen molar-refractivity contribution in [3.05, 3.63) is 82.1 Å². The van der Waals surface area contributed by atoms with Crippen LogP contribution in [0.5, 0.6) is 5.75 Å². The van der Waals surface area contributed by atoms with Crippen molar-refractivity contribution in [2.24, 2.45) is 0 Å². The number of aryl methyl sites for hydroxylation is 1. The summed E-state index contributed by atoms with van der Waals surface area (Å²) in [4.78, 5) is 12.3. The Labute approximate surface area is 167 Å². The van der Waals surface area contributed by atoms with Crippen LogP contribution in [0.1, 0.15) is 28.4 Å². The van der Waals surface area contributed by atoms with Crippen molar-refractivity contribution in [1.29, 1.82) is 0 Å². The number of nitrogens with zero attached hydrogens (tertiary/aromatic N) is 2. The quantitative estimate of drug-likeness (QED) is 0.585. The van der Waals surface area contributed by atoms with Gasteiger partial charge >= 0.3 is 0 Å². The van der Waals surface area contributed by atoms with Gasteiger partial charge in [-0.05, 0) is 57.7 Å². The van der Waals surface area contributed by atoms with Gasteiger partial charge in [0.1, 0.15) is 12.4 Å². The summed E-state index contributed by atoms with van der Waals surface area (Å²) in [6.45, 7) is 3.68. The molecular weight excluding hydrogens is 406 g/mol. The van der Waals surface area contributed by atoms with Crippen LogP contribution in [-0.4, -0.2) is 22.2 Å². The molecule has 5 nitrogen and oxygen atoms in total. The molecule has 0 aliphatic rings. The van der Waals surface area contributed by atoms with Crippen LogP contribution in [0.15, 0.2) is 65.4 Å². The van der Waals surface area contributed by atoms with Gasteiger partial charge in [0, 0.05) is 18.3 Å². The minimum absolute atomic E-state index is 0.102. The maximum absolute atomic E-state index is 12.3. The minimum Gasteiger partial charge on any atom is -0.489 e. The van der Waals surface area contributed by atoms with Gasteiger partial charge in [0.05, 0.1) is 17.2 Å². The second-order valence-electron chi connectivity index (χ2n) is 6.16. The van der Waals surface area contributed by atoms with Crippen LogP contribution in [0, 0.1) is 0 Å². The zero-order valence-electron chi connectivity index (χ0n) is 15.2. The molecule has 1 heterocycles. The molecule has 0 atom stereocenters. The smallest absolute Gasteiger partial charge is 0.251 e. The standard InChI is InChI=1S/C21H22BrN3O2/c1-2-16-6-8-20(9-7-16)27-15-17-4-3-5-18(12-17)21(26)23-10-11-25-14-19(22)13-24-25/h3-9,12-14H,2,10-11,15H2,1H3,(H,23,26). The van der Waals surface area contributed by atoms with E-state index in [1.807, 2.05) is 36.5 Å². The average Bonchev–Trinajstić information content (AvgIpc) is 3.12. The van der Waals surface area contributed by atoms with E-state index in [1.165, 1.54) is 5.56 Å². The Bertz CT molecular complexity index is 890. The molecule has 0 saturated heterocycles. The lowest BCUT2D eigenvalue weighted by atomic mass is 10.1. The number of aromatic nitrogens is 2. The molecule has 1 N–H and O–H groups in total. The van der Waals surface area contributed by atoms with E-state index in [-0.39, 0.29) is 5.91 Å². The highest BCUT2D eigenvalue weighted by Gasteiger charge is 2.06. The molecule has 1 amide bonds. The van der Waals surface area contributed by atoms with Gasteiger partial charge in [0.15, 0.2) is 0 Å². The first kappa shape index (κ1) is 19.2. The Hall–Kier alpha value is -2.60. The van der Waals surface area contributed by atoms with Gasteiger partial charge in [0.25, 0.3) is 5.91 Å². The molecule has 0 saturated carbocycles. The van der Waals surface area contributed by atoms with Crippen molar-refractivity contribution in [3.8, 4) is 5.75 Å². The number of ether oxygens (including phenoxy) is 1. The molecule has 6 heteroatoms. The summed E-state index contributed by atoms with van der Waals surface area (Å²) in [6, 6.07) is 15.6. The summed E-state index contributed by atoms with van der Waals surface area (Å²) in [6.07, 6.45) is 4.60. The van der Waals surface area contributed by atoms with Crippen LogP contribution in [0.4, 0.5) is 0 Å². The van der Waals surface area contributed by atoms with E-state index in [9.17, 15) is 4.79 Å². The molecule has 140 valence electrons. The van der Waals surface area contributed by atoms with E-state index in [2.05, 4.69) is 45.4 Å². The number of benzene rings is 2. The summed E-state index contributed by atoms with van der Waals surface area (Å²) in [5, 5.41) is 7.08. The Morgan fingerprint density at radius 2 is 2.00 bits per heavy atom. The van der Waals surface area contributed by atoms with E-state index >= 15 is 0 Å². The first-order valence-corrected chi connectivity index (χ1v) is 9.70. The number of nitrogens with one attached hydrogen (secondary N) is 1. The third-order valence-corrected chi connectivity index (χ3v) is 4.56. The molecule has 0 radical (unpaired) electrons. The van der Waals surface area contributed by atoms with Gasteiger partial charge in [-0.25, -0.2) is 0 Å². The van der Waals surface area contributed by atoms with Crippen molar-refractivity contribution in [1.82, 2.24) is 15.1 Å². The van der Waals surface area contributed by atoms with E-state index in [4.69, 9.17) is 4.74 Å². The summed E-state index contributed by atoms with van der Waals surface area (Å²) in [5.41, 5.74) is 2.86. The molecule has 0 unspecified atom stereocenters. The molecular formula is C21H22BrN3O2. The molecule has 0 fully saturated rings. The third-order valence-electron chi connectivity index (χ3n) is 4.15. The lowest BCUT2D eigenvalue weighted by molar-refractivity contribution is 0.0951. The van der Waals surface area contributed by atoms with Gasteiger partial charge < -0.3 is 10.1 Å². The van der Waals surface area contributed by atoms with Crippen LogP contribution in [0.3, 0.4) is 0 Å². The van der Waals surface area contributed by atoms with Gasteiger partial charge in [-0.1, -0.05) is 31.2 Å². The van der Waals surface area contributed by atoms with Crippen molar-refractivity contribution in [2.45, 2.75) is 26.5 Å². The number of hydrogen-bond donors (Lipinski definition) is 1. The topological polar surface area (TPSA) is 56.1 Å². The molecule has 2 aromatic carbocycles. The summed E-state index contributed by atoms with van der Waals surface area (Å²) >= 11 is 3.35. The van der Waals surface area contributed by atoms with Crippen LogP contribution < -0.4 is 10.1 Å². The lowest BCUT2D eigenvalue weighted by Gasteiger charge is -2.09. The van der Waals surface area contributed by atoms with Crippen LogP contribution in [0.25, 0.3) is 0 Å². The summed E-state index contributed by atoms with van der Waals surface area (Å²) in [5.74, 6) is 0.725. The first-order chi connectivity index (χ1) is 13.1. The highest BCUT2D eigenvalue weighted by molar-refractivity contribution is 9.10. The molecule has 0 bridgehead atoms. The second kappa shape index (κ2) is 9.37. The largest absolute Gasteiger partial charge is 0.489 e. The number of carbonyl (C=O) groups is 1. The predicted octanol–water partition coefficient (Wildman–Crippen LogP) is 4.22. The average molecular weight is 428 g/mol. The van der Waals surface area contributed by atoms with E-state index in [1.54, 1.807) is 16.9 Å². The molecule has 0 aliphatic heterocycles. The summed E-state index contributed by atoms with van der Waals surface area (Å²) in [7, 11) is 0. The Balaban J connectivity index is 1.51. The maximum atomic E-state index is 12.3. The van der Waals surface area contributed by atoms with Crippen LogP contribution >= 0.6 is 15.9 Å². The normalized spacial score (nSPS) is 10.6. The zero-order valence-corrected chi connectivity index (χ0v) is 16.8. The SMILES string of the molecule is CCc1ccc(OCc2cccc(C(=O)NCCn3cc(Br)cn3)c2)cc1. The zero-order chi connectivity index (χ0) is 19.1. The molecule has 0 aliphatic carbocycles. The van der Waals surface area contributed by atoms with Crippen LogP contribution in [0.2, 0.25) is 0 Å². The second-order valence-corrected chi connectivity index (χ2v) is 7.08. The summed E-state index contributed by atoms with van der Waals surface area (Å²) < 4.78 is 8.52. The Kier molecular flexibility index (Phi) is 6.65. The predicted molar refractivity (Wildman–Crippen MR) is 109 cm³/mol. The van der Waals surface area contributed by atoms with E-state index < -0.39 is 0 Å². The van der Waals surface area contributed by atoms with E-state index in [0.29, 0.717) is 25.3 Å². The fourth-order valence-corrected chi connectivity index (χ4v) is 2.96. The number of rotatable bonds is 8. The molecule has 27 heavy (non-hydrogen) atoms.